The van der Waals surface area contributed by atoms with Crippen LogP contribution in [0.1, 0.15) is 51.9 Å². The van der Waals surface area contributed by atoms with Crippen LogP contribution in [0.5, 0.6) is 5.75 Å². The van der Waals surface area contributed by atoms with Crippen LogP contribution in [0.4, 0.5) is 5.69 Å². The molecule has 0 aromatic heterocycles. The van der Waals surface area contributed by atoms with Crippen molar-refractivity contribution >= 4 is 11.7 Å². The molecule has 0 amide bonds. The maximum absolute atomic E-state index is 10.8. The molecule has 1 aromatic rings. The van der Waals surface area contributed by atoms with Gasteiger partial charge >= 0.3 is 5.97 Å². The highest BCUT2D eigenvalue weighted by molar-refractivity contribution is 5.91. The Kier molecular flexibility index (Phi) is 21.0. The number of halogens is 1. The lowest BCUT2D eigenvalue weighted by Gasteiger charge is -2.34. The smallest absolute Gasteiger partial charge is 0.335 e. The molecular weight excluding hydrogens is 478 g/mol. The van der Waals surface area contributed by atoms with Crippen LogP contribution in [0, 0.1) is 0 Å². The first-order chi connectivity index (χ1) is 14.6. The van der Waals surface area contributed by atoms with Gasteiger partial charge in [-0.15, -0.1) is 0 Å². The van der Waals surface area contributed by atoms with Crippen molar-refractivity contribution in [3.63, 3.8) is 0 Å². The molecule has 0 fully saturated rings. The molecule has 5 N–H and O–H groups in total. The van der Waals surface area contributed by atoms with E-state index in [-0.39, 0.29) is 28.2 Å². The summed E-state index contributed by atoms with van der Waals surface area (Å²) in [6.07, 6.45) is 0. The zero-order chi connectivity index (χ0) is 24.5. The van der Waals surface area contributed by atoms with Crippen molar-refractivity contribution in [1.29, 1.82) is 0 Å². The fraction of sp³-hybridized carbons (Fsp3) is 0.696. The molecule has 0 unspecified atom stereocenters. The van der Waals surface area contributed by atoms with Crippen LogP contribution in [0.25, 0.3) is 0 Å². The molecule has 0 bridgehead atoms. The molecule has 0 aliphatic carbocycles. The van der Waals surface area contributed by atoms with Gasteiger partial charge in [0.05, 0.1) is 58.0 Å². The third-order valence-electron chi connectivity index (χ3n) is 6.41. The van der Waals surface area contributed by atoms with Crippen molar-refractivity contribution in [1.82, 2.24) is 0 Å². The third-order valence-corrected chi connectivity index (χ3v) is 6.41. The molecule has 0 spiro atoms. The van der Waals surface area contributed by atoms with E-state index in [9.17, 15) is 9.90 Å². The summed E-state index contributed by atoms with van der Waals surface area (Å²) in [5.74, 6) is -1.78. The molecule has 32 heavy (non-hydrogen) atoms. The Hall–Kier alpha value is -1.39. The van der Waals surface area contributed by atoms with E-state index >= 15 is 0 Å². The molecule has 0 aliphatic heterocycles. The van der Waals surface area contributed by atoms with Gasteiger partial charge in [0, 0.05) is 5.69 Å². The van der Waals surface area contributed by atoms with Gasteiger partial charge in [0.2, 0.25) is 0 Å². The molecule has 9 heteroatoms. The minimum atomic E-state index is -1.23. The Morgan fingerprint density at radius 3 is 1.38 bits per heavy atom. The van der Waals surface area contributed by atoms with Crippen LogP contribution in [0.3, 0.4) is 0 Å². The standard InChI is InChI=1S/2C8H20NO.C7H7NO3.BrH/c2*1-4-9(5-2,6-3)7-8-10;8-4-1-2-5(7(10)11)6(9)3-4;/h2*10H,4-8H2,1-3H3;1-3,9H,8H2,(H,10,11);1H/q2*+1;;/p-2. The molecule has 0 saturated carbocycles. The Balaban J connectivity index is -0.000000389. The number of aliphatic hydroxyl groups is 2. The van der Waals surface area contributed by atoms with E-state index in [2.05, 4.69) is 41.5 Å². The predicted molar refractivity (Wildman–Crippen MR) is 125 cm³/mol. The molecule has 1 aromatic carbocycles. The second kappa shape index (κ2) is 19.1. The van der Waals surface area contributed by atoms with E-state index in [0.717, 1.165) is 67.4 Å². The predicted octanol–water partition coefficient (Wildman–Crippen LogP) is -1.24. The fourth-order valence-electron chi connectivity index (χ4n) is 3.43. The van der Waals surface area contributed by atoms with Crippen molar-refractivity contribution in [3.05, 3.63) is 23.8 Å². The normalized spacial score (nSPS) is 10.8. The van der Waals surface area contributed by atoms with Crippen molar-refractivity contribution < 1.29 is 51.2 Å². The maximum Gasteiger partial charge on any atom is 0.335 e. The van der Waals surface area contributed by atoms with Crippen LogP contribution in [-0.2, 0) is 0 Å². The van der Waals surface area contributed by atoms with E-state index in [0.29, 0.717) is 13.2 Å². The van der Waals surface area contributed by atoms with Gasteiger partial charge < -0.3 is 52.1 Å². The Labute approximate surface area is 205 Å². The monoisotopic (exact) mass is 523 g/mol. The quantitative estimate of drug-likeness (QED) is 0.212. The molecule has 8 nitrogen and oxygen atoms in total. The van der Waals surface area contributed by atoms with Gasteiger partial charge in [-0.3, -0.25) is 0 Å². The van der Waals surface area contributed by atoms with Gasteiger partial charge in [-0.05, 0) is 59.7 Å². The van der Waals surface area contributed by atoms with Gasteiger partial charge in [-0.1, -0.05) is 5.75 Å². The first-order valence-corrected chi connectivity index (χ1v) is 11.3. The number of likely N-dealkylation sites (N-methyl/N-ethyl adjacent to an activating group) is 2. The second-order valence-electron chi connectivity index (χ2n) is 7.54. The van der Waals surface area contributed by atoms with E-state index in [1.165, 1.54) is 12.1 Å². The molecular formula is C23H46BrN3O5. The molecule has 0 saturated heterocycles. The zero-order valence-corrected chi connectivity index (χ0v) is 22.4. The molecule has 190 valence electrons. The first kappa shape index (κ1) is 35.2. The van der Waals surface area contributed by atoms with Crippen LogP contribution in [0.2, 0.25) is 0 Å². The first-order valence-electron chi connectivity index (χ1n) is 11.3. The molecule has 0 atom stereocenters. The third kappa shape index (κ3) is 12.6. The second-order valence-corrected chi connectivity index (χ2v) is 7.54. The number of aromatic carboxylic acids is 1. The fourth-order valence-corrected chi connectivity index (χ4v) is 3.43. The number of carbonyl (C=O) groups is 1. The number of quaternary nitrogens is 2. The number of rotatable bonds is 11. The van der Waals surface area contributed by atoms with Crippen molar-refractivity contribution in [2.45, 2.75) is 41.5 Å². The average Bonchev–Trinajstić information content (AvgIpc) is 2.77. The largest absolute Gasteiger partial charge is 1.00 e. The number of aliphatic hydroxyl groups excluding tert-OH is 2. The zero-order valence-electron chi connectivity index (χ0n) is 20.8. The topological polar surface area (TPSA) is 127 Å². The van der Waals surface area contributed by atoms with Gasteiger partial charge in [0.25, 0.3) is 0 Å². The number of hydrogen-bond acceptors (Lipinski definition) is 5. The number of benzene rings is 1. The van der Waals surface area contributed by atoms with Crippen molar-refractivity contribution in [2.75, 3.05) is 71.3 Å². The van der Waals surface area contributed by atoms with E-state index < -0.39 is 11.7 Å². The molecule has 1 rings (SSSR count). The molecule has 0 radical (unpaired) electrons. The van der Waals surface area contributed by atoms with Gasteiger partial charge in [0.1, 0.15) is 13.1 Å². The average molecular weight is 525 g/mol. The minimum Gasteiger partial charge on any atom is -1.00 e. The lowest BCUT2D eigenvalue weighted by atomic mass is 10.2. The summed E-state index contributed by atoms with van der Waals surface area (Å²) in [7, 11) is 0. The summed E-state index contributed by atoms with van der Waals surface area (Å²) in [5.41, 5.74) is 5.26. The summed E-state index contributed by atoms with van der Waals surface area (Å²) in [6, 6.07) is 3.66. The van der Waals surface area contributed by atoms with Crippen LogP contribution >= 0.6 is 0 Å². The summed E-state index contributed by atoms with van der Waals surface area (Å²) >= 11 is 0. The summed E-state index contributed by atoms with van der Waals surface area (Å²) in [6.45, 7) is 22.3. The summed E-state index contributed by atoms with van der Waals surface area (Å²) in [5, 5.41) is 36.8. The Morgan fingerprint density at radius 2 is 1.19 bits per heavy atom. The summed E-state index contributed by atoms with van der Waals surface area (Å²) in [4.78, 5) is 10.3. The highest BCUT2D eigenvalue weighted by Crippen LogP contribution is 2.16. The highest BCUT2D eigenvalue weighted by atomic mass is 79.9. The number of carboxylic acid groups (broad SMARTS) is 1. The summed E-state index contributed by atoms with van der Waals surface area (Å²) < 4.78 is 2.10. The SMILES string of the molecule is CC[N+](CC)(CC)CCO.CC[N+](CC)(CC)CCO.Nc1ccc(C(=O)O)c([O-])c1.[Br-]. The van der Waals surface area contributed by atoms with Crippen molar-refractivity contribution in [3.8, 4) is 5.75 Å². The number of nitrogens with zero attached hydrogens (tertiary/aromatic N) is 2. The number of hydrogen-bond donors (Lipinski definition) is 4. The Bertz CT molecular complexity index is 571. The lowest BCUT2D eigenvalue weighted by molar-refractivity contribution is -0.923. The highest BCUT2D eigenvalue weighted by Gasteiger charge is 2.19. The van der Waals surface area contributed by atoms with E-state index in [1.54, 1.807) is 0 Å². The maximum atomic E-state index is 10.8. The van der Waals surface area contributed by atoms with Crippen LogP contribution in [0.15, 0.2) is 18.2 Å². The van der Waals surface area contributed by atoms with Gasteiger partial charge in [-0.25, -0.2) is 4.79 Å². The lowest BCUT2D eigenvalue weighted by Crippen LogP contribution is -3.00. The van der Waals surface area contributed by atoms with Crippen LogP contribution < -0.4 is 27.8 Å². The number of nitrogen functional groups attached to an aromatic ring is 1. The van der Waals surface area contributed by atoms with E-state index in [4.69, 9.17) is 21.1 Å². The van der Waals surface area contributed by atoms with Crippen molar-refractivity contribution in [2.24, 2.45) is 0 Å². The molecule has 0 aliphatic rings. The number of carboxylic acids is 1. The Morgan fingerprint density at radius 1 is 0.844 bits per heavy atom. The van der Waals surface area contributed by atoms with Gasteiger partial charge in [-0.2, -0.15) is 0 Å². The minimum absolute atomic E-state index is 0. The van der Waals surface area contributed by atoms with Gasteiger partial charge in [0.15, 0.2) is 0 Å². The number of nitrogens with two attached hydrogens (primary N) is 1. The molecule has 0 heterocycles. The number of anilines is 1. The van der Waals surface area contributed by atoms with Crippen LogP contribution in [-0.4, -0.2) is 95.8 Å². The van der Waals surface area contributed by atoms with E-state index in [1.807, 2.05) is 0 Å².